The van der Waals surface area contributed by atoms with E-state index in [0.717, 1.165) is 12.8 Å². The highest BCUT2D eigenvalue weighted by Gasteiger charge is 2.34. The van der Waals surface area contributed by atoms with E-state index >= 15 is 0 Å². The Labute approximate surface area is 72.8 Å². The van der Waals surface area contributed by atoms with Gasteiger partial charge in [-0.3, -0.25) is 0 Å². The molecule has 2 nitrogen and oxygen atoms in total. The average Bonchev–Trinajstić information content (AvgIpc) is 2.28. The van der Waals surface area contributed by atoms with Crippen molar-refractivity contribution in [1.82, 2.24) is 0 Å². The van der Waals surface area contributed by atoms with Gasteiger partial charge in [-0.05, 0) is 20.3 Å². The Morgan fingerprint density at radius 2 is 2.36 bits per heavy atom. The summed E-state index contributed by atoms with van der Waals surface area (Å²) >= 11 is 5.57. The molecule has 11 heavy (non-hydrogen) atoms. The van der Waals surface area contributed by atoms with Crippen LogP contribution in [0.3, 0.4) is 0 Å². The van der Waals surface area contributed by atoms with Crippen LogP contribution in [0.15, 0.2) is 0 Å². The van der Waals surface area contributed by atoms with Crippen LogP contribution in [-0.2, 0) is 9.47 Å². The Kier molecular flexibility index (Phi) is 3.16. The van der Waals surface area contributed by atoms with Crippen LogP contribution in [0.25, 0.3) is 0 Å². The minimum atomic E-state index is -0.367. The first-order valence-corrected chi connectivity index (χ1v) is 4.57. The molecule has 0 spiro atoms. The zero-order chi connectivity index (χ0) is 8.32. The predicted molar refractivity (Wildman–Crippen MR) is 44.9 cm³/mol. The van der Waals surface area contributed by atoms with E-state index in [1.54, 1.807) is 0 Å². The van der Waals surface area contributed by atoms with Gasteiger partial charge in [-0.25, -0.2) is 0 Å². The van der Waals surface area contributed by atoms with Crippen LogP contribution < -0.4 is 0 Å². The molecule has 2 unspecified atom stereocenters. The number of rotatable bonds is 3. The smallest absolute Gasteiger partial charge is 0.166 e. The molecule has 1 fully saturated rings. The Hall–Kier alpha value is 0.210. The van der Waals surface area contributed by atoms with Gasteiger partial charge in [0.15, 0.2) is 5.79 Å². The molecule has 1 heterocycles. The van der Waals surface area contributed by atoms with Crippen LogP contribution in [-0.4, -0.2) is 24.4 Å². The van der Waals surface area contributed by atoms with Gasteiger partial charge in [0.2, 0.25) is 0 Å². The van der Waals surface area contributed by atoms with Crippen LogP contribution in [0.1, 0.15) is 26.7 Å². The largest absolute Gasteiger partial charge is 0.348 e. The first kappa shape index (κ1) is 9.30. The fraction of sp³-hybridized carbons (Fsp3) is 1.00. The Bertz CT molecular complexity index is 129. The molecule has 3 heteroatoms. The van der Waals surface area contributed by atoms with E-state index in [1.165, 1.54) is 0 Å². The number of alkyl halides is 1. The summed E-state index contributed by atoms with van der Waals surface area (Å²) in [6.07, 6.45) is 2.07. The maximum atomic E-state index is 5.57. The SMILES string of the molecule is CC1COC(C)(CCCCl)O1. The van der Waals surface area contributed by atoms with Crippen molar-refractivity contribution < 1.29 is 9.47 Å². The molecular formula is C8H15ClO2. The zero-order valence-electron chi connectivity index (χ0n) is 7.10. The Morgan fingerprint density at radius 1 is 1.64 bits per heavy atom. The molecule has 0 aromatic heterocycles. The van der Waals surface area contributed by atoms with E-state index in [2.05, 4.69) is 0 Å². The fourth-order valence-electron chi connectivity index (χ4n) is 1.31. The Balaban J connectivity index is 2.29. The molecule has 0 aromatic carbocycles. The number of hydrogen-bond donors (Lipinski definition) is 0. The van der Waals surface area contributed by atoms with Gasteiger partial charge in [-0.15, -0.1) is 11.6 Å². The van der Waals surface area contributed by atoms with Crippen LogP contribution >= 0.6 is 11.6 Å². The van der Waals surface area contributed by atoms with E-state index < -0.39 is 0 Å². The van der Waals surface area contributed by atoms with Crippen molar-refractivity contribution in [3.05, 3.63) is 0 Å². The third-order valence-corrected chi connectivity index (χ3v) is 2.11. The summed E-state index contributed by atoms with van der Waals surface area (Å²) in [6, 6.07) is 0. The molecule has 1 saturated heterocycles. The van der Waals surface area contributed by atoms with E-state index in [1.807, 2.05) is 13.8 Å². The average molecular weight is 179 g/mol. The molecule has 0 saturated carbocycles. The van der Waals surface area contributed by atoms with Gasteiger partial charge in [-0.1, -0.05) is 0 Å². The van der Waals surface area contributed by atoms with Crippen LogP contribution in [0.2, 0.25) is 0 Å². The summed E-state index contributed by atoms with van der Waals surface area (Å²) in [5, 5.41) is 0. The molecule has 0 aromatic rings. The minimum Gasteiger partial charge on any atom is -0.348 e. The molecule has 0 radical (unpaired) electrons. The third-order valence-electron chi connectivity index (χ3n) is 1.84. The summed E-state index contributed by atoms with van der Waals surface area (Å²) < 4.78 is 11.0. The lowest BCUT2D eigenvalue weighted by Crippen LogP contribution is -2.26. The van der Waals surface area contributed by atoms with E-state index in [0.29, 0.717) is 12.5 Å². The lowest BCUT2D eigenvalue weighted by atomic mass is 10.2. The van der Waals surface area contributed by atoms with Crippen molar-refractivity contribution >= 4 is 11.6 Å². The normalized spacial score (nSPS) is 37.9. The summed E-state index contributed by atoms with van der Waals surface area (Å²) in [7, 11) is 0. The number of ether oxygens (including phenoxy) is 2. The predicted octanol–water partition coefficient (Wildman–Crippen LogP) is 2.16. The summed E-state index contributed by atoms with van der Waals surface area (Å²) in [5.74, 6) is 0.311. The molecule has 0 bridgehead atoms. The van der Waals surface area contributed by atoms with Gasteiger partial charge in [-0.2, -0.15) is 0 Å². The molecule has 2 atom stereocenters. The lowest BCUT2D eigenvalue weighted by Gasteiger charge is -2.22. The summed E-state index contributed by atoms with van der Waals surface area (Å²) in [5.41, 5.74) is 0. The van der Waals surface area contributed by atoms with Crippen molar-refractivity contribution in [1.29, 1.82) is 0 Å². The van der Waals surface area contributed by atoms with Crippen molar-refractivity contribution in [3.63, 3.8) is 0 Å². The maximum absolute atomic E-state index is 5.57. The quantitative estimate of drug-likeness (QED) is 0.617. The van der Waals surface area contributed by atoms with Gasteiger partial charge in [0.25, 0.3) is 0 Å². The molecule has 0 amide bonds. The van der Waals surface area contributed by atoms with Crippen molar-refractivity contribution in [2.75, 3.05) is 12.5 Å². The fourth-order valence-corrected chi connectivity index (χ4v) is 1.44. The van der Waals surface area contributed by atoms with E-state index in [4.69, 9.17) is 21.1 Å². The maximum Gasteiger partial charge on any atom is 0.166 e. The summed E-state index contributed by atoms with van der Waals surface area (Å²) in [6.45, 7) is 4.70. The second kappa shape index (κ2) is 3.74. The van der Waals surface area contributed by atoms with Crippen molar-refractivity contribution in [3.8, 4) is 0 Å². The highest BCUT2D eigenvalue weighted by atomic mass is 35.5. The lowest BCUT2D eigenvalue weighted by molar-refractivity contribution is -0.156. The van der Waals surface area contributed by atoms with E-state index in [9.17, 15) is 0 Å². The molecule has 0 aliphatic carbocycles. The van der Waals surface area contributed by atoms with Gasteiger partial charge in [0.05, 0.1) is 12.7 Å². The molecule has 66 valence electrons. The second-order valence-electron chi connectivity index (χ2n) is 3.17. The highest BCUT2D eigenvalue weighted by molar-refractivity contribution is 6.17. The summed E-state index contributed by atoms with van der Waals surface area (Å²) in [4.78, 5) is 0. The molecule has 1 aliphatic rings. The van der Waals surface area contributed by atoms with Gasteiger partial charge in [0, 0.05) is 12.3 Å². The highest BCUT2D eigenvalue weighted by Crippen LogP contribution is 2.27. The van der Waals surface area contributed by atoms with Crippen LogP contribution in [0, 0.1) is 0 Å². The van der Waals surface area contributed by atoms with Gasteiger partial charge < -0.3 is 9.47 Å². The second-order valence-corrected chi connectivity index (χ2v) is 3.54. The standard InChI is InChI=1S/C8H15ClO2/c1-7-6-10-8(2,11-7)4-3-5-9/h7H,3-6H2,1-2H3. The van der Waals surface area contributed by atoms with Gasteiger partial charge in [0.1, 0.15) is 0 Å². The molecule has 0 N–H and O–H groups in total. The molecular weight excluding hydrogens is 164 g/mol. The molecule has 1 aliphatic heterocycles. The van der Waals surface area contributed by atoms with E-state index in [-0.39, 0.29) is 11.9 Å². The zero-order valence-corrected chi connectivity index (χ0v) is 7.86. The van der Waals surface area contributed by atoms with Crippen LogP contribution in [0.4, 0.5) is 0 Å². The van der Waals surface area contributed by atoms with Crippen molar-refractivity contribution in [2.45, 2.75) is 38.6 Å². The third kappa shape index (κ3) is 2.62. The first-order chi connectivity index (χ1) is 5.16. The Morgan fingerprint density at radius 3 is 2.82 bits per heavy atom. The number of halogens is 1. The topological polar surface area (TPSA) is 18.5 Å². The van der Waals surface area contributed by atoms with Crippen LogP contribution in [0.5, 0.6) is 0 Å². The monoisotopic (exact) mass is 178 g/mol. The number of hydrogen-bond acceptors (Lipinski definition) is 2. The minimum absolute atomic E-state index is 0.232. The van der Waals surface area contributed by atoms with Gasteiger partial charge >= 0.3 is 0 Å². The first-order valence-electron chi connectivity index (χ1n) is 4.04. The van der Waals surface area contributed by atoms with Crippen molar-refractivity contribution in [2.24, 2.45) is 0 Å². The molecule has 1 rings (SSSR count).